The van der Waals surface area contributed by atoms with E-state index >= 15 is 0 Å². The van der Waals surface area contributed by atoms with Gasteiger partial charge in [-0.2, -0.15) is 5.10 Å². The minimum Gasteiger partial charge on any atom is -0.354 e. The van der Waals surface area contributed by atoms with Crippen molar-refractivity contribution in [2.75, 3.05) is 19.6 Å². The van der Waals surface area contributed by atoms with Crippen LogP contribution in [0.5, 0.6) is 0 Å². The predicted octanol–water partition coefficient (Wildman–Crippen LogP) is 1.71. The summed E-state index contributed by atoms with van der Waals surface area (Å²) >= 11 is 0. The maximum atomic E-state index is 12.5. The molecule has 1 aliphatic rings. The Hall–Kier alpha value is -2.51. The number of amides is 2. The van der Waals surface area contributed by atoms with Gasteiger partial charge in [0.15, 0.2) is 5.65 Å². The van der Waals surface area contributed by atoms with Crippen LogP contribution in [0.3, 0.4) is 0 Å². The topological polar surface area (TPSA) is 93.0 Å². The van der Waals surface area contributed by atoms with Crippen LogP contribution in [0.15, 0.2) is 12.4 Å². The highest BCUT2D eigenvalue weighted by Gasteiger charge is 2.32. The molecule has 8 nitrogen and oxygen atoms in total. The van der Waals surface area contributed by atoms with Gasteiger partial charge in [0.25, 0.3) is 0 Å². The summed E-state index contributed by atoms with van der Waals surface area (Å²) in [5.74, 6) is 0.294. The quantitative estimate of drug-likeness (QED) is 0.862. The Bertz CT molecular complexity index is 838. The third kappa shape index (κ3) is 4.61. The standard InChI is InChI=1S/C19H28N6O2/c1-13(26)20-8-10-25-18-17(21-6-7-22-18)16(23-25)14-5-9-24(12-14)15(27)11-19(2,3)4/h6-7,14H,5,8-12H2,1-4H3,(H,20,26)/t14-/m0/s1. The molecule has 1 saturated heterocycles. The van der Waals surface area contributed by atoms with Gasteiger partial charge >= 0.3 is 0 Å². The smallest absolute Gasteiger partial charge is 0.223 e. The van der Waals surface area contributed by atoms with E-state index in [9.17, 15) is 9.59 Å². The Morgan fingerprint density at radius 3 is 2.70 bits per heavy atom. The lowest BCUT2D eigenvalue weighted by Gasteiger charge is -2.22. The molecule has 1 fully saturated rings. The van der Waals surface area contributed by atoms with Crippen molar-refractivity contribution in [3.63, 3.8) is 0 Å². The van der Waals surface area contributed by atoms with Crippen molar-refractivity contribution >= 4 is 23.0 Å². The number of carbonyl (C=O) groups is 2. The van der Waals surface area contributed by atoms with E-state index in [1.54, 1.807) is 17.1 Å². The molecule has 0 aliphatic carbocycles. The van der Waals surface area contributed by atoms with Gasteiger partial charge in [-0.15, -0.1) is 0 Å². The van der Waals surface area contributed by atoms with Crippen LogP contribution in [0.25, 0.3) is 11.2 Å². The molecule has 0 radical (unpaired) electrons. The summed E-state index contributed by atoms with van der Waals surface area (Å²) in [5, 5.41) is 7.52. The molecule has 3 rings (SSSR count). The summed E-state index contributed by atoms with van der Waals surface area (Å²) < 4.78 is 1.80. The first-order chi connectivity index (χ1) is 12.7. The fraction of sp³-hybridized carbons (Fsp3) is 0.632. The zero-order valence-electron chi connectivity index (χ0n) is 16.5. The summed E-state index contributed by atoms with van der Waals surface area (Å²) in [6.07, 6.45) is 4.75. The number of aromatic nitrogens is 4. The third-order valence-corrected chi connectivity index (χ3v) is 4.70. The van der Waals surface area contributed by atoms with Crippen LogP contribution in [0.4, 0.5) is 0 Å². The third-order valence-electron chi connectivity index (χ3n) is 4.70. The maximum Gasteiger partial charge on any atom is 0.223 e. The van der Waals surface area contributed by atoms with Crippen LogP contribution >= 0.6 is 0 Å². The van der Waals surface area contributed by atoms with Gasteiger partial charge in [-0.1, -0.05) is 20.8 Å². The Morgan fingerprint density at radius 2 is 2.00 bits per heavy atom. The molecule has 0 aromatic carbocycles. The first-order valence-electron chi connectivity index (χ1n) is 9.44. The molecule has 3 heterocycles. The molecule has 27 heavy (non-hydrogen) atoms. The van der Waals surface area contributed by atoms with E-state index in [0.29, 0.717) is 26.1 Å². The van der Waals surface area contributed by atoms with Crippen molar-refractivity contribution in [3.05, 3.63) is 18.1 Å². The summed E-state index contributed by atoms with van der Waals surface area (Å²) in [4.78, 5) is 34.5. The molecule has 1 N–H and O–H groups in total. The van der Waals surface area contributed by atoms with Gasteiger partial charge in [0.05, 0.1) is 12.2 Å². The molecule has 2 aromatic rings. The van der Waals surface area contributed by atoms with Gasteiger partial charge in [0, 0.05) is 51.3 Å². The van der Waals surface area contributed by atoms with Crippen LogP contribution in [0.1, 0.15) is 52.1 Å². The van der Waals surface area contributed by atoms with Crippen molar-refractivity contribution in [2.24, 2.45) is 5.41 Å². The zero-order chi connectivity index (χ0) is 19.6. The highest BCUT2D eigenvalue weighted by Crippen LogP contribution is 2.31. The monoisotopic (exact) mass is 372 g/mol. The number of fused-ring (bicyclic) bond motifs is 1. The summed E-state index contributed by atoms with van der Waals surface area (Å²) in [6, 6.07) is 0. The number of hydrogen-bond donors (Lipinski definition) is 1. The molecule has 146 valence electrons. The second-order valence-electron chi connectivity index (χ2n) is 8.38. The molecule has 0 unspecified atom stereocenters. The maximum absolute atomic E-state index is 12.5. The van der Waals surface area contributed by atoms with Crippen molar-refractivity contribution < 1.29 is 9.59 Å². The minimum atomic E-state index is -0.0680. The van der Waals surface area contributed by atoms with Gasteiger partial charge in [-0.25, -0.2) is 14.6 Å². The number of nitrogens with one attached hydrogen (secondary N) is 1. The molecule has 0 bridgehead atoms. The van der Waals surface area contributed by atoms with Gasteiger partial charge < -0.3 is 10.2 Å². The number of hydrogen-bond acceptors (Lipinski definition) is 5. The Morgan fingerprint density at radius 1 is 1.26 bits per heavy atom. The fourth-order valence-corrected chi connectivity index (χ4v) is 3.47. The van der Waals surface area contributed by atoms with Gasteiger partial charge in [0.2, 0.25) is 11.8 Å². The lowest BCUT2D eigenvalue weighted by Crippen LogP contribution is -2.31. The van der Waals surface area contributed by atoms with Crippen molar-refractivity contribution in [1.29, 1.82) is 0 Å². The largest absolute Gasteiger partial charge is 0.354 e. The number of nitrogens with zero attached hydrogens (tertiary/aromatic N) is 5. The summed E-state index contributed by atoms with van der Waals surface area (Å²) in [6.45, 7) is 10.2. The number of likely N-dealkylation sites (tertiary alicyclic amines) is 1. The normalized spacial score (nSPS) is 17.5. The van der Waals surface area contributed by atoms with E-state index in [4.69, 9.17) is 5.10 Å². The number of carbonyl (C=O) groups excluding carboxylic acids is 2. The molecule has 2 aromatic heterocycles. The van der Waals surface area contributed by atoms with E-state index in [-0.39, 0.29) is 23.1 Å². The van der Waals surface area contributed by atoms with E-state index in [0.717, 1.165) is 29.8 Å². The van der Waals surface area contributed by atoms with Crippen molar-refractivity contribution in [3.8, 4) is 0 Å². The molecule has 1 aliphatic heterocycles. The predicted molar refractivity (Wildman–Crippen MR) is 102 cm³/mol. The summed E-state index contributed by atoms with van der Waals surface area (Å²) in [5.41, 5.74) is 2.39. The summed E-state index contributed by atoms with van der Waals surface area (Å²) in [7, 11) is 0. The molecule has 1 atom stereocenters. The molecule has 2 amide bonds. The van der Waals surface area contributed by atoms with Crippen molar-refractivity contribution in [2.45, 2.75) is 53.0 Å². The fourth-order valence-electron chi connectivity index (χ4n) is 3.47. The lowest BCUT2D eigenvalue weighted by atomic mass is 9.91. The van der Waals surface area contributed by atoms with Crippen LogP contribution in [0, 0.1) is 5.41 Å². The average Bonchev–Trinajstić information content (AvgIpc) is 3.18. The number of rotatable bonds is 5. The highest BCUT2D eigenvalue weighted by atomic mass is 16.2. The Kier molecular flexibility index (Phi) is 5.43. The van der Waals surface area contributed by atoms with E-state index < -0.39 is 0 Å². The average molecular weight is 372 g/mol. The van der Waals surface area contributed by atoms with E-state index in [2.05, 4.69) is 36.1 Å². The van der Waals surface area contributed by atoms with E-state index in [1.165, 1.54) is 6.92 Å². The lowest BCUT2D eigenvalue weighted by molar-refractivity contribution is -0.132. The minimum absolute atomic E-state index is 0.0152. The van der Waals surface area contributed by atoms with Gasteiger partial charge in [-0.05, 0) is 11.8 Å². The zero-order valence-corrected chi connectivity index (χ0v) is 16.5. The van der Waals surface area contributed by atoms with Crippen molar-refractivity contribution in [1.82, 2.24) is 30.0 Å². The van der Waals surface area contributed by atoms with Gasteiger partial charge in [0.1, 0.15) is 5.52 Å². The second kappa shape index (κ2) is 7.62. The molecule has 0 saturated carbocycles. The first kappa shape index (κ1) is 19.3. The highest BCUT2D eigenvalue weighted by molar-refractivity contribution is 5.78. The SMILES string of the molecule is CC(=O)NCCn1nc([C@H]2CCN(C(=O)CC(C)(C)C)C2)c2nccnc21. The molecular weight excluding hydrogens is 344 g/mol. The van der Waals surface area contributed by atoms with Crippen LogP contribution < -0.4 is 5.32 Å². The first-order valence-corrected chi connectivity index (χ1v) is 9.44. The Labute approximate surface area is 159 Å². The van der Waals surface area contributed by atoms with E-state index in [1.807, 2.05) is 4.90 Å². The second-order valence-corrected chi connectivity index (χ2v) is 8.38. The Balaban J connectivity index is 1.77. The molecular formula is C19H28N6O2. The van der Waals surface area contributed by atoms with Gasteiger partial charge in [-0.3, -0.25) is 9.59 Å². The molecule has 8 heteroatoms. The van der Waals surface area contributed by atoms with Crippen LogP contribution in [0.2, 0.25) is 0 Å². The van der Waals surface area contributed by atoms with Crippen LogP contribution in [-0.4, -0.2) is 56.1 Å². The van der Waals surface area contributed by atoms with Crippen LogP contribution in [-0.2, 0) is 16.1 Å². The molecule has 0 spiro atoms.